The van der Waals surface area contributed by atoms with Crippen molar-refractivity contribution in [3.05, 3.63) is 95.2 Å². The van der Waals surface area contributed by atoms with Gasteiger partial charge >= 0.3 is 5.97 Å². The molecular formula is C25H23ClN2O4S. The van der Waals surface area contributed by atoms with E-state index in [2.05, 4.69) is 5.32 Å². The predicted octanol–water partition coefficient (Wildman–Crippen LogP) is 3.79. The van der Waals surface area contributed by atoms with Gasteiger partial charge < -0.3 is 10.1 Å². The van der Waals surface area contributed by atoms with Crippen molar-refractivity contribution in [3.8, 4) is 0 Å². The van der Waals surface area contributed by atoms with Crippen molar-refractivity contribution < 1.29 is 19.1 Å². The number of hydrogen-bond acceptors (Lipinski definition) is 5. The smallest absolute Gasteiger partial charge is 0.356 e. The molecule has 170 valence electrons. The maximum atomic E-state index is 13.6. The topological polar surface area (TPSA) is 75.7 Å². The van der Waals surface area contributed by atoms with Crippen LogP contribution in [0.15, 0.2) is 84.1 Å². The third-order valence-corrected chi connectivity index (χ3v) is 6.87. The Balaban J connectivity index is 1.68. The van der Waals surface area contributed by atoms with Gasteiger partial charge in [-0.3, -0.25) is 14.5 Å². The van der Waals surface area contributed by atoms with Crippen molar-refractivity contribution in [1.29, 1.82) is 0 Å². The molecule has 1 N–H and O–H groups in total. The number of allylic oxidation sites excluding steroid dienone is 2. The molecule has 2 amide bonds. The van der Waals surface area contributed by atoms with Gasteiger partial charge in [0.25, 0.3) is 5.91 Å². The number of β-lactam (4-membered cyclic amide) rings is 1. The summed E-state index contributed by atoms with van der Waals surface area (Å²) in [5.41, 5.74) is 2.51. The number of carbonyl (C=O) groups is 3. The van der Waals surface area contributed by atoms with E-state index in [1.54, 1.807) is 12.2 Å². The molecule has 1 fully saturated rings. The van der Waals surface area contributed by atoms with Crippen LogP contribution in [0, 0.1) is 0 Å². The molecule has 0 spiro atoms. The van der Waals surface area contributed by atoms with Gasteiger partial charge in [0.2, 0.25) is 5.91 Å². The van der Waals surface area contributed by atoms with Gasteiger partial charge in [-0.15, -0.1) is 23.4 Å². The first-order chi connectivity index (χ1) is 16.0. The SMILES string of the molecule is CC(=O)N[C@@H]1C(=O)N2C(C(=O)OC(c3ccccc3)c3ccccc3)=C(/C=C/CCl)CS[C@H]12. The van der Waals surface area contributed by atoms with Crippen LogP contribution in [0.2, 0.25) is 0 Å². The maximum Gasteiger partial charge on any atom is 0.356 e. The van der Waals surface area contributed by atoms with Gasteiger partial charge in [0.05, 0.1) is 0 Å². The van der Waals surface area contributed by atoms with Crippen molar-refractivity contribution in [2.24, 2.45) is 0 Å². The lowest BCUT2D eigenvalue weighted by Gasteiger charge is -2.49. The van der Waals surface area contributed by atoms with E-state index in [0.29, 0.717) is 11.3 Å². The molecule has 33 heavy (non-hydrogen) atoms. The third kappa shape index (κ3) is 4.84. The molecule has 2 atom stereocenters. The molecule has 6 nitrogen and oxygen atoms in total. The minimum atomic E-state index is -0.659. The number of benzene rings is 2. The summed E-state index contributed by atoms with van der Waals surface area (Å²) in [6.07, 6.45) is 2.85. The highest BCUT2D eigenvalue weighted by atomic mass is 35.5. The number of rotatable bonds is 7. The largest absolute Gasteiger partial charge is 0.448 e. The number of nitrogens with zero attached hydrogens (tertiary/aromatic N) is 1. The second-order valence-corrected chi connectivity index (χ2v) is 9.04. The molecule has 0 radical (unpaired) electrons. The van der Waals surface area contributed by atoms with E-state index < -0.39 is 18.1 Å². The summed E-state index contributed by atoms with van der Waals surface area (Å²) in [4.78, 5) is 39.4. The maximum absolute atomic E-state index is 13.6. The Labute approximate surface area is 201 Å². The van der Waals surface area contributed by atoms with E-state index in [0.717, 1.165) is 11.1 Å². The average molecular weight is 483 g/mol. The molecular weight excluding hydrogens is 460 g/mol. The second kappa shape index (κ2) is 10.3. The Morgan fingerprint density at radius 1 is 1.15 bits per heavy atom. The third-order valence-electron chi connectivity index (χ3n) is 5.39. The number of fused-ring (bicyclic) bond motifs is 1. The van der Waals surface area contributed by atoms with Crippen LogP contribution in [0.25, 0.3) is 0 Å². The lowest BCUT2D eigenvalue weighted by Crippen LogP contribution is -2.70. The van der Waals surface area contributed by atoms with Gasteiger partial charge in [0, 0.05) is 18.6 Å². The summed E-state index contributed by atoms with van der Waals surface area (Å²) in [6, 6.07) is 18.3. The molecule has 2 heterocycles. The molecule has 8 heteroatoms. The average Bonchev–Trinajstić information content (AvgIpc) is 2.84. The fourth-order valence-corrected chi connectivity index (χ4v) is 5.32. The van der Waals surface area contributed by atoms with Crippen molar-refractivity contribution in [2.45, 2.75) is 24.4 Å². The highest BCUT2D eigenvalue weighted by Gasteiger charge is 2.54. The summed E-state index contributed by atoms with van der Waals surface area (Å²) in [5.74, 6) is -0.449. The number of alkyl halides is 1. The van der Waals surface area contributed by atoms with Crippen molar-refractivity contribution in [1.82, 2.24) is 10.2 Å². The number of ether oxygens (including phenoxy) is 1. The Kier molecular flexibility index (Phi) is 7.20. The molecule has 0 unspecified atom stereocenters. The highest BCUT2D eigenvalue weighted by molar-refractivity contribution is 8.00. The zero-order chi connectivity index (χ0) is 23.4. The predicted molar refractivity (Wildman–Crippen MR) is 128 cm³/mol. The molecule has 2 aliphatic heterocycles. The first kappa shape index (κ1) is 23.1. The fourth-order valence-electron chi connectivity index (χ4n) is 3.91. The van der Waals surface area contributed by atoms with Gasteiger partial charge in [-0.05, 0) is 16.7 Å². The number of hydrogen-bond donors (Lipinski definition) is 1. The Bertz CT molecular complexity index is 1060. The number of halogens is 1. The van der Waals surface area contributed by atoms with E-state index >= 15 is 0 Å². The van der Waals surface area contributed by atoms with Gasteiger partial charge in [0.15, 0.2) is 6.10 Å². The first-order valence-electron chi connectivity index (χ1n) is 10.5. The van der Waals surface area contributed by atoms with Gasteiger partial charge in [-0.1, -0.05) is 72.8 Å². The minimum absolute atomic E-state index is 0.198. The molecule has 4 rings (SSSR count). The molecule has 2 aromatic carbocycles. The summed E-state index contributed by atoms with van der Waals surface area (Å²) in [7, 11) is 0. The molecule has 0 saturated carbocycles. The molecule has 1 saturated heterocycles. The Hall–Kier alpha value is -3.03. The molecule has 2 aromatic rings. The first-order valence-corrected chi connectivity index (χ1v) is 12.1. The number of amides is 2. The summed E-state index contributed by atoms with van der Waals surface area (Å²) >= 11 is 7.31. The van der Waals surface area contributed by atoms with Crippen LogP contribution in [0.1, 0.15) is 24.2 Å². The van der Waals surface area contributed by atoms with Crippen molar-refractivity contribution in [2.75, 3.05) is 11.6 Å². The molecule has 0 bridgehead atoms. The number of thioether (sulfide) groups is 1. The minimum Gasteiger partial charge on any atom is -0.448 e. The van der Waals surface area contributed by atoms with E-state index in [1.807, 2.05) is 60.7 Å². The van der Waals surface area contributed by atoms with Crippen molar-refractivity contribution in [3.63, 3.8) is 0 Å². The van der Waals surface area contributed by atoms with Crippen LogP contribution < -0.4 is 5.32 Å². The normalized spacial score (nSPS) is 20.0. The molecule has 0 aliphatic carbocycles. The van der Waals surface area contributed by atoms with Crippen LogP contribution in [-0.4, -0.2) is 45.7 Å². The molecule has 0 aromatic heterocycles. The number of nitrogens with one attached hydrogen (secondary N) is 1. The van der Waals surface area contributed by atoms with Crippen molar-refractivity contribution >= 4 is 41.1 Å². The van der Waals surface area contributed by atoms with E-state index in [4.69, 9.17) is 16.3 Å². The highest BCUT2D eigenvalue weighted by Crippen LogP contribution is 2.42. The van der Waals surface area contributed by atoms with Crippen LogP contribution in [-0.2, 0) is 19.1 Å². The van der Waals surface area contributed by atoms with Crippen LogP contribution in [0.5, 0.6) is 0 Å². The van der Waals surface area contributed by atoms with Gasteiger partial charge in [-0.25, -0.2) is 4.79 Å². The fraction of sp³-hybridized carbons (Fsp3) is 0.240. The summed E-state index contributed by atoms with van der Waals surface area (Å²) in [5, 5.41) is 2.32. The summed E-state index contributed by atoms with van der Waals surface area (Å²) in [6.45, 7) is 1.37. The van der Waals surface area contributed by atoms with Gasteiger partial charge in [-0.2, -0.15) is 0 Å². The Morgan fingerprint density at radius 2 is 1.76 bits per heavy atom. The summed E-state index contributed by atoms with van der Waals surface area (Å²) < 4.78 is 6.04. The monoisotopic (exact) mass is 482 g/mol. The van der Waals surface area contributed by atoms with Crippen LogP contribution in [0.3, 0.4) is 0 Å². The lowest BCUT2D eigenvalue weighted by atomic mass is 10.0. The van der Waals surface area contributed by atoms with E-state index in [9.17, 15) is 14.4 Å². The van der Waals surface area contributed by atoms with Gasteiger partial charge in [0.1, 0.15) is 17.1 Å². The number of carbonyl (C=O) groups excluding carboxylic acids is 3. The van der Waals surface area contributed by atoms with Crippen LogP contribution in [0.4, 0.5) is 0 Å². The molecule has 2 aliphatic rings. The quantitative estimate of drug-likeness (QED) is 0.369. The van der Waals surface area contributed by atoms with E-state index in [-0.39, 0.29) is 28.8 Å². The second-order valence-electron chi connectivity index (χ2n) is 7.63. The Morgan fingerprint density at radius 3 is 2.30 bits per heavy atom. The van der Waals surface area contributed by atoms with Crippen LogP contribution >= 0.6 is 23.4 Å². The zero-order valence-electron chi connectivity index (χ0n) is 17.9. The standard InChI is InChI=1S/C25H23ClN2O4S/c1-16(29)27-20-23(30)28-21(19(13-8-14-26)15-33-24(20)28)25(31)32-22(17-9-4-2-5-10-17)18-11-6-3-7-12-18/h2-13,20,22,24H,14-15H2,1H3,(H,27,29)/b13-8+/t20-,24-/m1/s1. The number of esters is 1. The zero-order valence-corrected chi connectivity index (χ0v) is 19.5. The lowest BCUT2D eigenvalue weighted by molar-refractivity contribution is -0.154. The van der Waals surface area contributed by atoms with E-state index in [1.165, 1.54) is 23.6 Å².